The molecule has 0 saturated heterocycles. The minimum Gasteiger partial charge on any atom is -0.384 e. The number of halogens is 2. The third kappa shape index (κ3) is 2.27. The van der Waals surface area contributed by atoms with Gasteiger partial charge in [-0.1, -0.05) is 42.0 Å². The number of benzene rings is 2. The van der Waals surface area contributed by atoms with Crippen LogP contribution in [0.15, 0.2) is 36.4 Å². The van der Waals surface area contributed by atoms with E-state index in [1.54, 1.807) is 12.1 Å². The van der Waals surface area contributed by atoms with Crippen molar-refractivity contribution >= 4 is 0 Å². The Kier molecular flexibility index (Phi) is 3.43. The van der Waals surface area contributed by atoms with Crippen LogP contribution in [0.2, 0.25) is 0 Å². The second-order valence-corrected chi connectivity index (χ2v) is 4.41. The molecule has 1 atom stereocenters. The first-order chi connectivity index (χ1) is 8.50. The Labute approximate surface area is 105 Å². The molecule has 0 aliphatic heterocycles. The zero-order chi connectivity index (χ0) is 13.3. The summed E-state index contributed by atoms with van der Waals surface area (Å²) in [5.41, 5.74) is 1.78. The van der Waals surface area contributed by atoms with Crippen molar-refractivity contribution in [2.45, 2.75) is 20.0 Å². The summed E-state index contributed by atoms with van der Waals surface area (Å²) in [5, 5.41) is 10.1. The Bertz CT molecular complexity index is 561. The third-order valence-corrected chi connectivity index (χ3v) is 2.99. The summed E-state index contributed by atoms with van der Waals surface area (Å²) in [5.74, 6) is -1.89. The molecule has 0 aliphatic rings. The van der Waals surface area contributed by atoms with Gasteiger partial charge in [-0.3, -0.25) is 0 Å². The van der Waals surface area contributed by atoms with Crippen LogP contribution in [0.3, 0.4) is 0 Å². The molecule has 0 spiro atoms. The number of aliphatic hydroxyl groups excluding tert-OH is 1. The van der Waals surface area contributed by atoms with Gasteiger partial charge in [-0.15, -0.1) is 0 Å². The van der Waals surface area contributed by atoms with Crippen LogP contribution in [0, 0.1) is 25.5 Å². The molecular formula is C15H14F2O. The van der Waals surface area contributed by atoms with Crippen molar-refractivity contribution in [2.24, 2.45) is 0 Å². The van der Waals surface area contributed by atoms with E-state index >= 15 is 0 Å². The predicted octanol–water partition coefficient (Wildman–Crippen LogP) is 3.66. The van der Waals surface area contributed by atoms with Crippen LogP contribution in [0.1, 0.15) is 28.4 Å². The maximum Gasteiger partial charge on any atom is 0.165 e. The first kappa shape index (κ1) is 12.7. The zero-order valence-electron chi connectivity index (χ0n) is 10.2. The normalized spacial score (nSPS) is 12.5. The van der Waals surface area contributed by atoms with Gasteiger partial charge in [0, 0.05) is 5.56 Å². The first-order valence-corrected chi connectivity index (χ1v) is 5.70. The fraction of sp³-hybridized carbons (Fsp3) is 0.200. The molecule has 18 heavy (non-hydrogen) atoms. The van der Waals surface area contributed by atoms with E-state index in [0.717, 1.165) is 5.56 Å². The fourth-order valence-corrected chi connectivity index (χ4v) is 1.80. The van der Waals surface area contributed by atoms with Crippen LogP contribution in [0.25, 0.3) is 0 Å². The maximum atomic E-state index is 13.7. The van der Waals surface area contributed by atoms with Crippen molar-refractivity contribution in [3.05, 3.63) is 70.3 Å². The molecule has 0 heterocycles. The van der Waals surface area contributed by atoms with E-state index in [0.29, 0.717) is 5.56 Å². The highest BCUT2D eigenvalue weighted by molar-refractivity contribution is 5.34. The molecule has 0 fully saturated rings. The molecule has 2 rings (SSSR count). The van der Waals surface area contributed by atoms with E-state index in [-0.39, 0.29) is 11.1 Å². The minimum atomic E-state index is -1.15. The van der Waals surface area contributed by atoms with Crippen LogP contribution >= 0.6 is 0 Å². The summed E-state index contributed by atoms with van der Waals surface area (Å²) in [4.78, 5) is 0. The van der Waals surface area contributed by atoms with Crippen molar-refractivity contribution in [2.75, 3.05) is 0 Å². The molecule has 1 nitrogen and oxygen atoms in total. The molecule has 3 heteroatoms. The average Bonchev–Trinajstić information content (AvgIpc) is 2.36. The molecule has 2 aromatic carbocycles. The summed E-state index contributed by atoms with van der Waals surface area (Å²) >= 11 is 0. The molecule has 0 aliphatic carbocycles. The van der Waals surface area contributed by atoms with E-state index < -0.39 is 17.7 Å². The molecule has 0 saturated carbocycles. The van der Waals surface area contributed by atoms with Gasteiger partial charge in [0.2, 0.25) is 0 Å². The Morgan fingerprint density at radius 3 is 2.11 bits per heavy atom. The van der Waals surface area contributed by atoms with E-state index in [9.17, 15) is 13.9 Å². The second-order valence-electron chi connectivity index (χ2n) is 4.41. The minimum absolute atomic E-state index is 0.0399. The lowest BCUT2D eigenvalue weighted by Crippen LogP contribution is -2.05. The highest BCUT2D eigenvalue weighted by Gasteiger charge is 2.18. The molecule has 1 N–H and O–H groups in total. The van der Waals surface area contributed by atoms with Crippen molar-refractivity contribution in [3.63, 3.8) is 0 Å². The first-order valence-electron chi connectivity index (χ1n) is 5.70. The summed E-state index contributed by atoms with van der Waals surface area (Å²) in [6.45, 7) is 3.41. The molecule has 94 valence electrons. The summed E-state index contributed by atoms with van der Waals surface area (Å²) in [6, 6.07) is 9.93. The SMILES string of the molecule is Cc1ccc(C(O)c2ccc(C)c(F)c2F)cc1. The number of hydrogen-bond acceptors (Lipinski definition) is 1. The van der Waals surface area contributed by atoms with Crippen molar-refractivity contribution < 1.29 is 13.9 Å². The molecule has 2 aromatic rings. The smallest absolute Gasteiger partial charge is 0.165 e. The number of aliphatic hydroxyl groups is 1. The van der Waals surface area contributed by atoms with Crippen LogP contribution < -0.4 is 0 Å². The third-order valence-electron chi connectivity index (χ3n) is 2.99. The molecule has 0 bridgehead atoms. The van der Waals surface area contributed by atoms with Gasteiger partial charge in [0.15, 0.2) is 11.6 Å². The Balaban J connectivity index is 2.43. The van der Waals surface area contributed by atoms with E-state index in [4.69, 9.17) is 0 Å². The largest absolute Gasteiger partial charge is 0.384 e. The summed E-state index contributed by atoms with van der Waals surface area (Å²) in [7, 11) is 0. The lowest BCUT2D eigenvalue weighted by molar-refractivity contribution is 0.213. The lowest BCUT2D eigenvalue weighted by Gasteiger charge is -2.13. The Morgan fingerprint density at radius 2 is 1.50 bits per heavy atom. The van der Waals surface area contributed by atoms with Gasteiger partial charge >= 0.3 is 0 Å². The Morgan fingerprint density at radius 1 is 0.889 bits per heavy atom. The quantitative estimate of drug-likeness (QED) is 0.859. The van der Waals surface area contributed by atoms with Gasteiger partial charge in [0.05, 0.1) is 0 Å². The number of hydrogen-bond donors (Lipinski definition) is 1. The highest BCUT2D eigenvalue weighted by atomic mass is 19.2. The molecular weight excluding hydrogens is 234 g/mol. The van der Waals surface area contributed by atoms with Gasteiger partial charge in [-0.25, -0.2) is 8.78 Å². The molecule has 0 amide bonds. The van der Waals surface area contributed by atoms with Gasteiger partial charge in [-0.2, -0.15) is 0 Å². The standard InChI is InChI=1S/C15H14F2O/c1-9-3-6-11(7-4-9)15(18)12-8-5-10(2)13(16)14(12)17/h3-8,15,18H,1-2H3. The van der Waals surface area contributed by atoms with Crippen LogP contribution in [0.5, 0.6) is 0 Å². The van der Waals surface area contributed by atoms with E-state index in [1.807, 2.05) is 19.1 Å². The van der Waals surface area contributed by atoms with Gasteiger partial charge < -0.3 is 5.11 Å². The number of rotatable bonds is 2. The van der Waals surface area contributed by atoms with Gasteiger partial charge in [-0.05, 0) is 25.0 Å². The number of aryl methyl sites for hydroxylation is 2. The van der Waals surface area contributed by atoms with Crippen molar-refractivity contribution in [3.8, 4) is 0 Å². The van der Waals surface area contributed by atoms with Crippen LogP contribution in [0.4, 0.5) is 8.78 Å². The zero-order valence-corrected chi connectivity index (χ0v) is 10.2. The van der Waals surface area contributed by atoms with Crippen LogP contribution in [-0.4, -0.2) is 5.11 Å². The van der Waals surface area contributed by atoms with Crippen molar-refractivity contribution in [1.29, 1.82) is 0 Å². The summed E-state index contributed by atoms with van der Waals surface area (Å²) < 4.78 is 27.2. The van der Waals surface area contributed by atoms with Crippen molar-refractivity contribution in [1.82, 2.24) is 0 Å². The second kappa shape index (κ2) is 4.86. The maximum absolute atomic E-state index is 13.7. The van der Waals surface area contributed by atoms with E-state index in [2.05, 4.69) is 0 Å². The highest BCUT2D eigenvalue weighted by Crippen LogP contribution is 2.27. The predicted molar refractivity (Wildman–Crippen MR) is 66.3 cm³/mol. The van der Waals surface area contributed by atoms with Gasteiger partial charge in [0.1, 0.15) is 6.10 Å². The Hall–Kier alpha value is -1.74. The fourth-order valence-electron chi connectivity index (χ4n) is 1.80. The van der Waals surface area contributed by atoms with E-state index in [1.165, 1.54) is 19.1 Å². The molecule has 0 aromatic heterocycles. The van der Waals surface area contributed by atoms with Crippen LogP contribution in [-0.2, 0) is 0 Å². The van der Waals surface area contributed by atoms with Gasteiger partial charge in [0.25, 0.3) is 0 Å². The monoisotopic (exact) mass is 248 g/mol. The molecule has 1 unspecified atom stereocenters. The topological polar surface area (TPSA) is 20.2 Å². The lowest BCUT2D eigenvalue weighted by atomic mass is 9.99. The molecule has 0 radical (unpaired) electrons. The summed E-state index contributed by atoms with van der Waals surface area (Å²) in [6.07, 6.45) is -1.15. The average molecular weight is 248 g/mol.